The van der Waals surface area contributed by atoms with Crippen molar-refractivity contribution in [2.75, 3.05) is 26.4 Å². The molecule has 190 valence electrons. The van der Waals surface area contributed by atoms with Gasteiger partial charge in [0.2, 0.25) is 0 Å². The summed E-state index contributed by atoms with van der Waals surface area (Å²) in [6.45, 7) is 3.17. The van der Waals surface area contributed by atoms with Crippen LogP contribution in [-0.4, -0.2) is 37.5 Å². The number of rotatable bonds is 23. The van der Waals surface area contributed by atoms with E-state index < -0.39 is 0 Å². The van der Waals surface area contributed by atoms with Crippen LogP contribution in [0.1, 0.15) is 129 Å². The van der Waals surface area contributed by atoms with Crippen LogP contribution < -0.4 is 0 Å². The van der Waals surface area contributed by atoms with Crippen molar-refractivity contribution in [1.82, 2.24) is 0 Å². The van der Waals surface area contributed by atoms with Crippen LogP contribution in [0, 0.1) is 23.7 Å². The van der Waals surface area contributed by atoms with Crippen molar-refractivity contribution in [3.8, 4) is 23.7 Å². The van der Waals surface area contributed by atoms with Crippen molar-refractivity contribution in [2.24, 2.45) is 0 Å². The van der Waals surface area contributed by atoms with Crippen LogP contribution in [0.2, 0.25) is 0 Å². The highest BCUT2D eigenvalue weighted by molar-refractivity contribution is 5.69. The van der Waals surface area contributed by atoms with Crippen LogP contribution in [0.25, 0.3) is 0 Å². The van der Waals surface area contributed by atoms with Gasteiger partial charge in [0.1, 0.15) is 6.61 Å². The smallest absolute Gasteiger partial charge is 0.305 e. The van der Waals surface area contributed by atoms with Gasteiger partial charge < -0.3 is 14.6 Å². The maximum absolute atomic E-state index is 11.5. The summed E-state index contributed by atoms with van der Waals surface area (Å²) in [4.78, 5) is 11.5. The van der Waals surface area contributed by atoms with Crippen LogP contribution in [0.15, 0.2) is 0 Å². The van der Waals surface area contributed by atoms with Gasteiger partial charge in [-0.15, -0.1) is 0 Å². The molecule has 0 atom stereocenters. The molecule has 0 aromatic carbocycles. The molecule has 0 heterocycles. The predicted octanol–water partition coefficient (Wildman–Crippen LogP) is 6.98. The van der Waals surface area contributed by atoms with E-state index in [0.717, 1.165) is 38.5 Å². The maximum Gasteiger partial charge on any atom is 0.305 e. The van der Waals surface area contributed by atoms with Gasteiger partial charge in [-0.05, 0) is 31.1 Å². The van der Waals surface area contributed by atoms with Gasteiger partial charge >= 0.3 is 5.97 Å². The summed E-state index contributed by atoms with van der Waals surface area (Å²) < 4.78 is 10.1. The third-order valence-corrected chi connectivity index (χ3v) is 5.55. The van der Waals surface area contributed by atoms with Gasteiger partial charge in [0, 0.05) is 19.3 Å². The summed E-state index contributed by atoms with van der Waals surface area (Å²) in [5.41, 5.74) is 0. The second-order valence-corrected chi connectivity index (χ2v) is 8.71. The first-order valence-corrected chi connectivity index (χ1v) is 13.6. The molecule has 0 aromatic rings. The number of ether oxygens (including phenoxy) is 2. The third-order valence-electron chi connectivity index (χ3n) is 5.55. The molecule has 0 aromatic heterocycles. The van der Waals surface area contributed by atoms with Gasteiger partial charge in [-0.3, -0.25) is 4.79 Å². The molecule has 0 aliphatic rings. The summed E-state index contributed by atoms with van der Waals surface area (Å²) in [5.74, 6) is 12.2. The molecule has 0 rings (SSSR count). The molecule has 0 bridgehead atoms. The Morgan fingerprint density at radius 3 is 1.64 bits per heavy atom. The molecule has 0 radical (unpaired) electrons. The van der Waals surface area contributed by atoms with Crippen LogP contribution in [0.5, 0.6) is 0 Å². The average molecular weight is 463 g/mol. The molecule has 0 unspecified atom stereocenters. The van der Waals surface area contributed by atoms with Crippen molar-refractivity contribution in [2.45, 2.75) is 129 Å². The highest BCUT2D eigenvalue weighted by atomic mass is 16.6. The van der Waals surface area contributed by atoms with E-state index in [2.05, 4.69) is 30.6 Å². The number of hydrogen-bond donors (Lipinski definition) is 1. The minimum absolute atomic E-state index is 0.00586. The molecule has 1 N–H and O–H groups in total. The highest BCUT2D eigenvalue weighted by Crippen LogP contribution is 2.11. The number of unbranched alkanes of at least 4 members (excludes halogenated alkanes) is 16. The quantitative estimate of drug-likeness (QED) is 0.101. The Morgan fingerprint density at radius 2 is 1.12 bits per heavy atom. The van der Waals surface area contributed by atoms with Crippen molar-refractivity contribution >= 4 is 5.97 Å². The standard InChI is InChI=1S/C29H50O4/c1-2-3-4-5-6-7-8-9-10-11-12-13-14-15-16-17-18-19-20-21-22-23-24-29(31)33-28-27-32-26-25-30/h30H,2-12,17-28H2,1H3. The lowest BCUT2D eigenvalue weighted by Crippen LogP contribution is -2.11. The predicted molar refractivity (Wildman–Crippen MR) is 138 cm³/mol. The molecule has 0 aliphatic carbocycles. The molecule has 4 nitrogen and oxygen atoms in total. The molecular formula is C29H50O4. The Hall–Kier alpha value is -1.49. The molecule has 0 saturated heterocycles. The van der Waals surface area contributed by atoms with E-state index in [9.17, 15) is 4.79 Å². The topological polar surface area (TPSA) is 55.8 Å². The number of esters is 1. The molecule has 33 heavy (non-hydrogen) atoms. The number of aliphatic hydroxyl groups is 1. The zero-order valence-corrected chi connectivity index (χ0v) is 21.4. The SMILES string of the molecule is CCCCCCCCCCCCC#CC#CCCCCCCCCC(=O)OCCOCCO. The first-order valence-electron chi connectivity index (χ1n) is 13.6. The number of carbonyl (C=O) groups excluding carboxylic acids is 1. The molecule has 4 heteroatoms. The maximum atomic E-state index is 11.5. The van der Waals surface area contributed by atoms with Crippen molar-refractivity contribution < 1.29 is 19.4 Å². The fourth-order valence-corrected chi connectivity index (χ4v) is 3.56. The molecule has 0 spiro atoms. The summed E-state index contributed by atoms with van der Waals surface area (Å²) in [5, 5.41) is 8.57. The number of hydrogen-bond acceptors (Lipinski definition) is 4. The molecule has 0 amide bonds. The second kappa shape index (κ2) is 28.5. The first kappa shape index (κ1) is 31.5. The number of carbonyl (C=O) groups is 1. The van der Waals surface area contributed by atoms with Gasteiger partial charge in [0.25, 0.3) is 0 Å². The largest absolute Gasteiger partial charge is 0.463 e. The first-order chi connectivity index (χ1) is 16.3. The zero-order chi connectivity index (χ0) is 24.1. The van der Waals surface area contributed by atoms with E-state index >= 15 is 0 Å². The lowest BCUT2D eigenvalue weighted by atomic mass is 10.1. The third kappa shape index (κ3) is 28.5. The van der Waals surface area contributed by atoms with Gasteiger partial charge in [0.05, 0.1) is 19.8 Å². The monoisotopic (exact) mass is 462 g/mol. The van der Waals surface area contributed by atoms with Crippen LogP contribution in [0.3, 0.4) is 0 Å². The van der Waals surface area contributed by atoms with E-state index in [1.54, 1.807) is 0 Å². The van der Waals surface area contributed by atoms with E-state index in [1.165, 1.54) is 77.0 Å². The minimum atomic E-state index is -0.160. The van der Waals surface area contributed by atoms with Gasteiger partial charge in [-0.1, -0.05) is 102 Å². The van der Waals surface area contributed by atoms with Crippen LogP contribution in [-0.2, 0) is 14.3 Å². The molecule has 0 aliphatic heterocycles. The number of aliphatic hydroxyl groups excluding tert-OH is 1. The Balaban J connectivity index is 3.30. The van der Waals surface area contributed by atoms with Crippen molar-refractivity contribution in [3.63, 3.8) is 0 Å². The van der Waals surface area contributed by atoms with E-state index in [1.807, 2.05) is 0 Å². The van der Waals surface area contributed by atoms with Crippen LogP contribution in [0.4, 0.5) is 0 Å². The van der Waals surface area contributed by atoms with E-state index in [0.29, 0.717) is 13.0 Å². The zero-order valence-electron chi connectivity index (χ0n) is 21.4. The van der Waals surface area contributed by atoms with Gasteiger partial charge in [0.15, 0.2) is 0 Å². The van der Waals surface area contributed by atoms with Gasteiger partial charge in [-0.25, -0.2) is 0 Å². The van der Waals surface area contributed by atoms with Crippen LogP contribution >= 0.6 is 0 Å². The highest BCUT2D eigenvalue weighted by Gasteiger charge is 2.02. The minimum Gasteiger partial charge on any atom is -0.463 e. The van der Waals surface area contributed by atoms with E-state index in [-0.39, 0.29) is 25.8 Å². The van der Waals surface area contributed by atoms with Crippen molar-refractivity contribution in [3.05, 3.63) is 0 Å². The van der Waals surface area contributed by atoms with Gasteiger partial charge in [-0.2, -0.15) is 0 Å². The summed E-state index contributed by atoms with van der Waals surface area (Å²) >= 11 is 0. The Labute approximate surface area is 204 Å². The average Bonchev–Trinajstić information content (AvgIpc) is 2.82. The lowest BCUT2D eigenvalue weighted by Gasteiger charge is -2.05. The fourth-order valence-electron chi connectivity index (χ4n) is 3.56. The fraction of sp³-hybridized carbons (Fsp3) is 0.828. The lowest BCUT2D eigenvalue weighted by molar-refractivity contribution is -0.145. The second-order valence-electron chi connectivity index (χ2n) is 8.71. The Morgan fingerprint density at radius 1 is 0.636 bits per heavy atom. The van der Waals surface area contributed by atoms with E-state index in [4.69, 9.17) is 14.6 Å². The summed E-state index contributed by atoms with van der Waals surface area (Å²) in [6, 6.07) is 0. The molecule has 0 saturated carbocycles. The normalized spacial score (nSPS) is 10.2. The summed E-state index contributed by atoms with van der Waals surface area (Å²) in [7, 11) is 0. The Bertz CT molecular complexity index is 535. The molecule has 0 fully saturated rings. The molecular weight excluding hydrogens is 412 g/mol. The Kier molecular flexibility index (Phi) is 27.3. The van der Waals surface area contributed by atoms with Crippen molar-refractivity contribution in [1.29, 1.82) is 0 Å². The summed E-state index contributed by atoms with van der Waals surface area (Å²) in [6.07, 6.45) is 22.6.